The van der Waals surface area contributed by atoms with E-state index in [4.69, 9.17) is 0 Å². The van der Waals surface area contributed by atoms with Gasteiger partial charge in [-0.3, -0.25) is 4.79 Å². The van der Waals surface area contributed by atoms with Gasteiger partial charge in [-0.2, -0.15) is 0 Å². The van der Waals surface area contributed by atoms with E-state index in [1.54, 1.807) is 4.90 Å². The molecule has 0 saturated heterocycles. The summed E-state index contributed by atoms with van der Waals surface area (Å²) in [7, 11) is 3.76. The molecule has 2 heteroatoms. The highest BCUT2D eigenvalue weighted by atomic mass is 16.2. The fraction of sp³-hybridized carbons (Fsp3) is 0.941. The first kappa shape index (κ1) is 18.5. The Hall–Kier alpha value is -0.530. The van der Waals surface area contributed by atoms with Crippen molar-refractivity contribution in [2.45, 2.75) is 73.6 Å². The molecule has 0 radical (unpaired) electrons. The Kier molecular flexibility index (Phi) is 7.10. The Balaban J connectivity index is 5.13. The van der Waals surface area contributed by atoms with Crippen LogP contribution in [0.25, 0.3) is 0 Å². The van der Waals surface area contributed by atoms with E-state index in [1.807, 2.05) is 14.1 Å². The van der Waals surface area contributed by atoms with Crippen LogP contribution in [-0.2, 0) is 4.79 Å². The lowest BCUT2D eigenvalue weighted by atomic mass is 9.67. The van der Waals surface area contributed by atoms with E-state index < -0.39 is 0 Å². The molecule has 0 N–H and O–H groups in total. The molecular formula is C17H35NO. The third-order valence-corrected chi connectivity index (χ3v) is 4.26. The second-order valence-electron chi connectivity index (χ2n) is 7.64. The van der Waals surface area contributed by atoms with Crippen LogP contribution < -0.4 is 0 Å². The Labute approximate surface area is 120 Å². The summed E-state index contributed by atoms with van der Waals surface area (Å²) in [5, 5.41) is 0. The van der Waals surface area contributed by atoms with Crippen molar-refractivity contribution in [2.24, 2.45) is 16.7 Å². The molecule has 0 aliphatic carbocycles. The normalized spacial score (nSPS) is 14.3. The lowest BCUT2D eigenvalue weighted by molar-refractivity contribution is -0.138. The highest BCUT2D eigenvalue weighted by molar-refractivity contribution is 5.79. The van der Waals surface area contributed by atoms with Crippen molar-refractivity contribution in [3.05, 3.63) is 0 Å². The van der Waals surface area contributed by atoms with Crippen molar-refractivity contribution < 1.29 is 4.79 Å². The maximum absolute atomic E-state index is 12.6. The van der Waals surface area contributed by atoms with Gasteiger partial charge in [-0.15, -0.1) is 0 Å². The monoisotopic (exact) mass is 269 g/mol. The molecule has 0 aromatic heterocycles. The summed E-state index contributed by atoms with van der Waals surface area (Å²) in [6.07, 6.45) is 5.61. The van der Waals surface area contributed by atoms with E-state index in [0.717, 1.165) is 19.3 Å². The van der Waals surface area contributed by atoms with Gasteiger partial charge in [-0.1, -0.05) is 54.4 Å². The van der Waals surface area contributed by atoms with Gasteiger partial charge in [0.05, 0.1) is 0 Å². The van der Waals surface area contributed by atoms with Crippen LogP contribution in [0.1, 0.15) is 73.6 Å². The minimum atomic E-state index is 0.0844. The molecule has 19 heavy (non-hydrogen) atoms. The highest BCUT2D eigenvalue weighted by Crippen LogP contribution is 2.42. The summed E-state index contributed by atoms with van der Waals surface area (Å²) in [5.41, 5.74) is 0.331. The third-order valence-electron chi connectivity index (χ3n) is 4.26. The molecular weight excluding hydrogens is 234 g/mol. The summed E-state index contributed by atoms with van der Waals surface area (Å²) in [6.45, 7) is 13.5. The lowest BCUT2D eigenvalue weighted by Gasteiger charge is -2.39. The Bertz CT molecular complexity index is 279. The van der Waals surface area contributed by atoms with Crippen molar-refractivity contribution in [3.8, 4) is 0 Å². The van der Waals surface area contributed by atoms with Crippen LogP contribution in [-0.4, -0.2) is 24.9 Å². The van der Waals surface area contributed by atoms with Gasteiger partial charge in [-0.05, 0) is 30.1 Å². The zero-order valence-corrected chi connectivity index (χ0v) is 14.5. The average Bonchev–Trinajstić information content (AvgIpc) is 2.24. The molecule has 1 unspecified atom stereocenters. The number of hydrogen-bond acceptors (Lipinski definition) is 1. The van der Waals surface area contributed by atoms with E-state index in [1.165, 1.54) is 12.8 Å². The molecule has 0 heterocycles. The number of hydrogen-bond donors (Lipinski definition) is 0. The van der Waals surface area contributed by atoms with Gasteiger partial charge in [0, 0.05) is 20.0 Å². The van der Waals surface area contributed by atoms with E-state index >= 15 is 0 Å². The number of carbonyl (C=O) groups excluding carboxylic acids is 1. The molecule has 0 fully saturated rings. The van der Waals surface area contributed by atoms with Crippen LogP contribution in [0.15, 0.2) is 0 Å². The minimum Gasteiger partial charge on any atom is -0.349 e. The topological polar surface area (TPSA) is 20.3 Å². The van der Waals surface area contributed by atoms with Gasteiger partial charge in [0.2, 0.25) is 5.91 Å². The van der Waals surface area contributed by atoms with Crippen LogP contribution in [0.4, 0.5) is 0 Å². The predicted octanol–water partition coefficient (Wildman–Crippen LogP) is 4.73. The van der Waals surface area contributed by atoms with Crippen molar-refractivity contribution in [1.29, 1.82) is 0 Å². The van der Waals surface area contributed by atoms with Crippen LogP contribution in [0.3, 0.4) is 0 Å². The minimum absolute atomic E-state index is 0.0844. The Morgan fingerprint density at radius 1 is 1.00 bits per heavy atom. The predicted molar refractivity (Wildman–Crippen MR) is 84.2 cm³/mol. The average molecular weight is 269 g/mol. The zero-order chi connectivity index (χ0) is 15.3. The standard InChI is InChI=1S/C17H35NO/c1-9-11-16(3,4)13-14(15(19)18(7)8)17(5,6)12-10-2/h14H,9-13H2,1-8H3. The van der Waals surface area contributed by atoms with Gasteiger partial charge < -0.3 is 4.90 Å². The molecule has 0 aromatic carbocycles. The lowest BCUT2D eigenvalue weighted by Crippen LogP contribution is -2.41. The van der Waals surface area contributed by atoms with Crippen LogP contribution in [0.2, 0.25) is 0 Å². The van der Waals surface area contributed by atoms with Crippen molar-refractivity contribution >= 4 is 5.91 Å². The Morgan fingerprint density at radius 2 is 1.47 bits per heavy atom. The summed E-state index contributed by atoms with van der Waals surface area (Å²) in [4.78, 5) is 14.3. The van der Waals surface area contributed by atoms with E-state index in [2.05, 4.69) is 41.5 Å². The summed E-state index contributed by atoms with van der Waals surface area (Å²) < 4.78 is 0. The molecule has 0 saturated carbocycles. The van der Waals surface area contributed by atoms with Gasteiger partial charge in [-0.25, -0.2) is 0 Å². The molecule has 0 bridgehead atoms. The molecule has 1 atom stereocenters. The first-order valence-electron chi connectivity index (χ1n) is 7.78. The van der Waals surface area contributed by atoms with Crippen LogP contribution in [0.5, 0.6) is 0 Å². The SMILES string of the molecule is CCCC(C)(C)CC(C(=O)N(C)C)C(C)(C)CCC. The van der Waals surface area contributed by atoms with Gasteiger partial charge >= 0.3 is 0 Å². The van der Waals surface area contributed by atoms with E-state index in [-0.39, 0.29) is 16.7 Å². The maximum atomic E-state index is 12.6. The molecule has 0 aliphatic heterocycles. The van der Waals surface area contributed by atoms with Gasteiger partial charge in [0.15, 0.2) is 0 Å². The van der Waals surface area contributed by atoms with Gasteiger partial charge in [0.25, 0.3) is 0 Å². The first-order valence-corrected chi connectivity index (χ1v) is 7.78. The molecule has 114 valence electrons. The molecule has 1 amide bonds. The summed E-state index contributed by atoms with van der Waals surface area (Å²) in [6, 6.07) is 0. The van der Waals surface area contributed by atoms with Crippen molar-refractivity contribution in [1.82, 2.24) is 4.90 Å². The molecule has 2 nitrogen and oxygen atoms in total. The molecule has 0 aliphatic rings. The van der Waals surface area contributed by atoms with Crippen LogP contribution in [0, 0.1) is 16.7 Å². The summed E-state index contributed by atoms with van der Waals surface area (Å²) >= 11 is 0. The summed E-state index contributed by atoms with van der Waals surface area (Å²) in [5.74, 6) is 0.423. The van der Waals surface area contributed by atoms with E-state index in [0.29, 0.717) is 5.91 Å². The third kappa shape index (κ3) is 5.97. The smallest absolute Gasteiger partial charge is 0.225 e. The zero-order valence-electron chi connectivity index (χ0n) is 14.5. The highest BCUT2D eigenvalue weighted by Gasteiger charge is 2.38. The number of carbonyl (C=O) groups is 1. The second-order valence-corrected chi connectivity index (χ2v) is 7.64. The second kappa shape index (κ2) is 7.31. The van der Waals surface area contributed by atoms with Gasteiger partial charge in [0.1, 0.15) is 0 Å². The largest absolute Gasteiger partial charge is 0.349 e. The fourth-order valence-corrected chi connectivity index (χ4v) is 3.16. The number of amides is 1. The molecule has 0 rings (SSSR count). The van der Waals surface area contributed by atoms with Crippen molar-refractivity contribution in [3.63, 3.8) is 0 Å². The van der Waals surface area contributed by atoms with Crippen molar-refractivity contribution in [2.75, 3.05) is 14.1 Å². The van der Waals surface area contributed by atoms with E-state index in [9.17, 15) is 4.79 Å². The van der Waals surface area contributed by atoms with Crippen LogP contribution >= 0.6 is 0 Å². The Morgan fingerprint density at radius 3 is 1.84 bits per heavy atom. The number of nitrogens with zero attached hydrogens (tertiary/aromatic N) is 1. The molecule has 0 aromatic rings. The first-order chi connectivity index (χ1) is 8.57. The quantitative estimate of drug-likeness (QED) is 0.623. The maximum Gasteiger partial charge on any atom is 0.225 e. The number of rotatable bonds is 8. The fourth-order valence-electron chi connectivity index (χ4n) is 3.16. The molecule has 0 spiro atoms.